The lowest BCUT2D eigenvalue weighted by atomic mass is 10.0. The van der Waals surface area contributed by atoms with Crippen molar-refractivity contribution >= 4 is 57.5 Å². The maximum Gasteiger partial charge on any atom is 0.248 e. The Kier molecular flexibility index (Phi) is 8.58. The molecule has 5 rings (SSSR count). The van der Waals surface area contributed by atoms with E-state index in [1.54, 1.807) is 33.3 Å². The third-order valence-corrected chi connectivity index (χ3v) is 8.72. The van der Waals surface area contributed by atoms with E-state index in [0.29, 0.717) is 84.7 Å². The smallest absolute Gasteiger partial charge is 0.248 e. The fourth-order valence-electron chi connectivity index (χ4n) is 5.70. The van der Waals surface area contributed by atoms with Crippen LogP contribution in [-0.2, 0) is 14.4 Å². The predicted octanol–water partition coefficient (Wildman–Crippen LogP) is 3.05. The van der Waals surface area contributed by atoms with E-state index in [4.69, 9.17) is 31.7 Å². The Labute approximate surface area is 245 Å². The van der Waals surface area contributed by atoms with Gasteiger partial charge in [0.15, 0.2) is 11.5 Å². The molecule has 0 bridgehead atoms. The van der Waals surface area contributed by atoms with Crippen LogP contribution in [0.15, 0.2) is 12.1 Å². The molecule has 1 saturated carbocycles. The predicted molar refractivity (Wildman–Crippen MR) is 160 cm³/mol. The van der Waals surface area contributed by atoms with Gasteiger partial charge in [0.2, 0.25) is 17.8 Å². The SMILES string of the molecule is COc1cc2nc(N3CCN(C(=O)C4CC4)CC3)nc(NC(=O)[C@H]3CCCN3C(=S)C(C)CC(C)=O)c2cc1OC. The number of aromatic nitrogens is 2. The standard InChI is InChI=1S/C29H38N6O5S/c1-17(14-18(2)36)28(41)35-9-5-6-22(35)26(37)31-25-20-15-23(39-3)24(40-4)16-21(20)30-29(32-25)34-12-10-33(11-13-34)27(38)19-7-8-19/h15-17,19,22H,5-14H2,1-4H3,(H,30,31,32,37)/t17?,22-/m1/s1. The highest BCUT2D eigenvalue weighted by Crippen LogP contribution is 2.36. The zero-order chi connectivity index (χ0) is 29.3. The number of nitrogens with one attached hydrogen (secondary N) is 1. The summed E-state index contributed by atoms with van der Waals surface area (Å²) in [7, 11) is 3.12. The lowest BCUT2D eigenvalue weighted by Crippen LogP contribution is -2.49. The van der Waals surface area contributed by atoms with Crippen LogP contribution in [0.25, 0.3) is 10.9 Å². The number of fused-ring (bicyclic) bond motifs is 1. The molecule has 12 heteroatoms. The number of anilines is 2. The number of methoxy groups -OCH3 is 2. The summed E-state index contributed by atoms with van der Waals surface area (Å²) in [4.78, 5) is 54.1. The molecule has 2 atom stereocenters. The highest BCUT2D eigenvalue weighted by atomic mass is 32.1. The summed E-state index contributed by atoms with van der Waals surface area (Å²) in [6, 6.07) is 3.09. The molecule has 0 radical (unpaired) electrons. The van der Waals surface area contributed by atoms with Crippen molar-refractivity contribution < 1.29 is 23.9 Å². The molecule has 3 heterocycles. The number of ether oxygens (including phenoxy) is 2. The second-order valence-electron chi connectivity index (χ2n) is 11.2. The summed E-state index contributed by atoms with van der Waals surface area (Å²) >= 11 is 5.71. The number of carbonyl (C=O) groups is 3. The summed E-state index contributed by atoms with van der Waals surface area (Å²) < 4.78 is 11.0. The Morgan fingerprint density at radius 1 is 1.02 bits per heavy atom. The molecule has 1 aromatic heterocycles. The van der Waals surface area contributed by atoms with Crippen LogP contribution in [0.5, 0.6) is 11.5 Å². The summed E-state index contributed by atoms with van der Waals surface area (Å²) in [5.41, 5.74) is 0.605. The Bertz CT molecular complexity index is 1360. The summed E-state index contributed by atoms with van der Waals surface area (Å²) in [5, 5.41) is 3.69. The Hall–Kier alpha value is -3.54. The van der Waals surface area contributed by atoms with Gasteiger partial charge in [-0.3, -0.25) is 9.59 Å². The molecular formula is C29H38N6O5S. The topological polar surface area (TPSA) is 117 Å². The molecule has 3 fully saturated rings. The first-order valence-electron chi connectivity index (χ1n) is 14.3. The number of ketones is 1. The molecule has 41 heavy (non-hydrogen) atoms. The van der Waals surface area contributed by atoms with Crippen molar-refractivity contribution in [2.45, 2.75) is 52.0 Å². The van der Waals surface area contributed by atoms with Crippen molar-refractivity contribution in [1.29, 1.82) is 0 Å². The Morgan fingerprint density at radius 3 is 2.34 bits per heavy atom. The molecule has 2 aliphatic heterocycles. The monoisotopic (exact) mass is 582 g/mol. The zero-order valence-electron chi connectivity index (χ0n) is 24.1. The van der Waals surface area contributed by atoms with Gasteiger partial charge in [-0.25, -0.2) is 4.98 Å². The van der Waals surface area contributed by atoms with Gasteiger partial charge in [-0.2, -0.15) is 4.98 Å². The second-order valence-corrected chi connectivity index (χ2v) is 11.6. The number of rotatable bonds is 9. The number of thiocarbonyl (C=S) groups is 1. The molecule has 1 N–H and O–H groups in total. The fraction of sp³-hybridized carbons (Fsp3) is 0.586. The van der Waals surface area contributed by atoms with Crippen LogP contribution < -0.4 is 19.7 Å². The third-order valence-electron chi connectivity index (χ3n) is 8.09. The van der Waals surface area contributed by atoms with E-state index >= 15 is 0 Å². The average Bonchev–Trinajstić information content (AvgIpc) is 3.70. The third kappa shape index (κ3) is 6.22. The lowest BCUT2D eigenvalue weighted by molar-refractivity contribution is -0.132. The van der Waals surface area contributed by atoms with E-state index in [2.05, 4.69) is 5.32 Å². The van der Waals surface area contributed by atoms with Crippen LogP contribution in [0, 0.1) is 11.8 Å². The number of likely N-dealkylation sites (tertiary alicyclic amines) is 1. The number of Topliss-reactive ketones (excluding diaryl/α,β-unsaturated/α-hetero) is 1. The first-order chi connectivity index (χ1) is 19.7. The molecule has 1 unspecified atom stereocenters. The van der Waals surface area contributed by atoms with Crippen LogP contribution in [0.4, 0.5) is 11.8 Å². The summed E-state index contributed by atoms with van der Waals surface area (Å²) in [5.74, 6) is 2.05. The van der Waals surface area contributed by atoms with E-state index < -0.39 is 6.04 Å². The summed E-state index contributed by atoms with van der Waals surface area (Å²) in [6.07, 6.45) is 3.81. The van der Waals surface area contributed by atoms with Crippen LogP contribution in [0.1, 0.15) is 46.0 Å². The largest absolute Gasteiger partial charge is 0.493 e. The van der Waals surface area contributed by atoms with Gasteiger partial charge >= 0.3 is 0 Å². The first kappa shape index (κ1) is 29.0. The van der Waals surface area contributed by atoms with Crippen molar-refractivity contribution in [3.05, 3.63) is 12.1 Å². The molecule has 1 aliphatic carbocycles. The van der Waals surface area contributed by atoms with Crippen LogP contribution in [0.2, 0.25) is 0 Å². The molecule has 0 spiro atoms. The van der Waals surface area contributed by atoms with Gasteiger partial charge in [-0.15, -0.1) is 0 Å². The fourth-order valence-corrected chi connectivity index (χ4v) is 6.00. The minimum Gasteiger partial charge on any atom is -0.493 e. The molecule has 11 nitrogen and oxygen atoms in total. The maximum absolute atomic E-state index is 13.7. The molecule has 2 amide bonds. The van der Waals surface area contributed by atoms with Crippen molar-refractivity contribution in [1.82, 2.24) is 19.8 Å². The average molecular weight is 583 g/mol. The molecule has 1 aromatic carbocycles. The molecule has 3 aliphatic rings. The van der Waals surface area contributed by atoms with E-state index in [0.717, 1.165) is 19.3 Å². The molecule has 2 saturated heterocycles. The second kappa shape index (κ2) is 12.1. The zero-order valence-corrected chi connectivity index (χ0v) is 25.0. The number of amides is 2. The molecule has 220 valence electrons. The van der Waals surface area contributed by atoms with Crippen LogP contribution in [-0.4, -0.2) is 95.3 Å². The van der Waals surface area contributed by atoms with Gasteiger partial charge in [0.25, 0.3) is 0 Å². The van der Waals surface area contributed by atoms with Crippen molar-refractivity contribution in [2.75, 3.05) is 57.2 Å². The Balaban J connectivity index is 1.42. The van der Waals surface area contributed by atoms with E-state index in [1.165, 1.54) is 0 Å². The Morgan fingerprint density at radius 2 is 1.71 bits per heavy atom. The van der Waals surface area contributed by atoms with E-state index in [1.807, 2.05) is 21.6 Å². The minimum absolute atomic E-state index is 0.0714. The number of hydrogen-bond donors (Lipinski definition) is 1. The van der Waals surface area contributed by atoms with Gasteiger partial charge < -0.3 is 34.3 Å². The number of hydrogen-bond acceptors (Lipinski definition) is 9. The number of benzene rings is 1. The van der Waals surface area contributed by atoms with Crippen molar-refractivity contribution in [3.63, 3.8) is 0 Å². The maximum atomic E-state index is 13.7. The quantitative estimate of drug-likeness (QED) is 0.442. The number of nitrogens with zero attached hydrogens (tertiary/aromatic N) is 5. The highest BCUT2D eigenvalue weighted by molar-refractivity contribution is 7.80. The normalized spacial score (nSPS) is 19.7. The first-order valence-corrected chi connectivity index (χ1v) is 14.7. The van der Waals surface area contributed by atoms with Gasteiger partial charge in [0, 0.05) is 62.4 Å². The van der Waals surface area contributed by atoms with Crippen molar-refractivity contribution in [2.24, 2.45) is 11.8 Å². The van der Waals surface area contributed by atoms with Gasteiger partial charge in [0.05, 0.1) is 24.7 Å². The van der Waals surface area contributed by atoms with Crippen LogP contribution in [0.3, 0.4) is 0 Å². The van der Waals surface area contributed by atoms with Crippen LogP contribution >= 0.6 is 12.2 Å². The molecule has 2 aromatic rings. The molecular weight excluding hydrogens is 544 g/mol. The number of carbonyl (C=O) groups excluding carboxylic acids is 3. The minimum atomic E-state index is -0.456. The number of piperazine rings is 1. The van der Waals surface area contributed by atoms with E-state index in [-0.39, 0.29) is 29.4 Å². The summed E-state index contributed by atoms with van der Waals surface area (Å²) in [6.45, 7) is 6.57. The van der Waals surface area contributed by atoms with Gasteiger partial charge in [-0.05, 0) is 38.7 Å². The van der Waals surface area contributed by atoms with Crippen molar-refractivity contribution in [3.8, 4) is 11.5 Å². The highest BCUT2D eigenvalue weighted by Gasteiger charge is 2.36. The van der Waals surface area contributed by atoms with Gasteiger partial charge in [-0.1, -0.05) is 19.1 Å². The lowest BCUT2D eigenvalue weighted by Gasteiger charge is -2.35. The van der Waals surface area contributed by atoms with E-state index in [9.17, 15) is 14.4 Å². The van der Waals surface area contributed by atoms with Gasteiger partial charge in [0.1, 0.15) is 17.6 Å².